The van der Waals surface area contributed by atoms with Gasteiger partial charge < -0.3 is 10.1 Å². The van der Waals surface area contributed by atoms with Gasteiger partial charge in [0.25, 0.3) is 5.91 Å². The van der Waals surface area contributed by atoms with Crippen molar-refractivity contribution >= 4 is 40.4 Å². The Morgan fingerprint density at radius 2 is 1.74 bits per heavy atom. The molecule has 8 heteroatoms. The number of rotatable bonds is 6. The average Bonchev–Trinajstić information content (AvgIpc) is 2.92. The normalized spacial score (nSPS) is 10.7. The molecule has 1 amide bonds. The van der Waals surface area contributed by atoms with E-state index in [1.54, 1.807) is 49.1 Å². The summed E-state index contributed by atoms with van der Waals surface area (Å²) >= 11 is 1.60. The first kappa shape index (κ1) is 18.8. The summed E-state index contributed by atoms with van der Waals surface area (Å²) in [7, 11) is 1.64. The number of fused-ring (bicyclic) bond motifs is 1. The number of carbonyl (C=O) groups excluding carboxylic acids is 2. The Balaban J connectivity index is 1.59. The molecule has 0 bridgehead atoms. The summed E-state index contributed by atoms with van der Waals surface area (Å²) in [6, 6.07) is 14.5. The van der Waals surface area contributed by atoms with Crippen LogP contribution >= 0.6 is 11.8 Å². The monoisotopic (exact) mass is 385 g/mol. The van der Waals surface area contributed by atoms with Crippen LogP contribution in [0.15, 0.2) is 58.2 Å². The van der Waals surface area contributed by atoms with Gasteiger partial charge in [-0.25, -0.2) is 4.79 Å². The number of thioether (sulfide) groups is 1. The van der Waals surface area contributed by atoms with Gasteiger partial charge >= 0.3 is 11.7 Å². The van der Waals surface area contributed by atoms with Crippen LogP contribution in [0.25, 0.3) is 11.0 Å². The van der Waals surface area contributed by atoms with E-state index in [1.807, 2.05) is 24.5 Å². The minimum atomic E-state index is -0.652. The lowest BCUT2D eigenvalue weighted by atomic mass is 10.3. The van der Waals surface area contributed by atoms with E-state index >= 15 is 0 Å². The van der Waals surface area contributed by atoms with Gasteiger partial charge in [-0.15, -0.1) is 11.8 Å². The number of imidazole rings is 1. The van der Waals surface area contributed by atoms with Crippen LogP contribution in [0.5, 0.6) is 0 Å². The number of amides is 1. The molecule has 0 fully saturated rings. The molecule has 0 saturated carbocycles. The molecule has 0 saturated heterocycles. The highest BCUT2D eigenvalue weighted by Gasteiger charge is 2.15. The van der Waals surface area contributed by atoms with E-state index in [9.17, 15) is 14.4 Å². The predicted octanol–water partition coefficient (Wildman–Crippen LogP) is 2.24. The van der Waals surface area contributed by atoms with Crippen LogP contribution in [-0.2, 0) is 27.9 Å². The number of esters is 1. The van der Waals surface area contributed by atoms with Gasteiger partial charge in [0, 0.05) is 17.6 Å². The number of hydrogen-bond acceptors (Lipinski definition) is 5. The first-order valence-electron chi connectivity index (χ1n) is 8.23. The SMILES string of the molecule is CSc1ccc(NC(=O)COC(=O)Cn2c(=O)n(C)c3ccccc32)cc1. The number of para-hydroxylation sites is 2. The highest BCUT2D eigenvalue weighted by atomic mass is 32.2. The van der Waals surface area contributed by atoms with Crippen molar-refractivity contribution in [1.29, 1.82) is 0 Å². The van der Waals surface area contributed by atoms with Crippen molar-refractivity contribution in [1.82, 2.24) is 9.13 Å². The Hall–Kier alpha value is -3.00. The summed E-state index contributed by atoms with van der Waals surface area (Å²) in [5, 5.41) is 2.66. The second kappa shape index (κ2) is 8.13. The molecule has 3 aromatic rings. The van der Waals surface area contributed by atoms with Crippen molar-refractivity contribution < 1.29 is 14.3 Å². The molecule has 0 aliphatic carbocycles. The number of benzene rings is 2. The van der Waals surface area contributed by atoms with Crippen molar-refractivity contribution in [3.63, 3.8) is 0 Å². The summed E-state index contributed by atoms with van der Waals surface area (Å²) in [5.74, 6) is -1.09. The van der Waals surface area contributed by atoms with Crippen LogP contribution in [0.3, 0.4) is 0 Å². The highest BCUT2D eigenvalue weighted by molar-refractivity contribution is 7.98. The van der Waals surface area contributed by atoms with Crippen LogP contribution in [-0.4, -0.2) is 33.9 Å². The van der Waals surface area contributed by atoms with Gasteiger partial charge in [-0.05, 0) is 42.7 Å². The Kier molecular flexibility index (Phi) is 5.66. The molecule has 0 unspecified atom stereocenters. The van der Waals surface area contributed by atoms with Crippen molar-refractivity contribution in [2.45, 2.75) is 11.4 Å². The summed E-state index contributed by atoms with van der Waals surface area (Å²) < 4.78 is 7.81. The maximum absolute atomic E-state index is 12.3. The largest absolute Gasteiger partial charge is 0.454 e. The van der Waals surface area contributed by atoms with E-state index in [-0.39, 0.29) is 12.2 Å². The van der Waals surface area contributed by atoms with Crippen molar-refractivity contribution in [3.8, 4) is 0 Å². The number of anilines is 1. The van der Waals surface area contributed by atoms with Crippen molar-refractivity contribution in [3.05, 3.63) is 59.0 Å². The number of nitrogens with zero attached hydrogens (tertiary/aromatic N) is 2. The number of aryl methyl sites for hydroxylation is 1. The van der Waals surface area contributed by atoms with Gasteiger partial charge in [0.15, 0.2) is 6.61 Å². The predicted molar refractivity (Wildman–Crippen MR) is 105 cm³/mol. The Bertz CT molecular complexity index is 1040. The van der Waals surface area contributed by atoms with Gasteiger partial charge in [-0.3, -0.25) is 18.7 Å². The van der Waals surface area contributed by atoms with Crippen LogP contribution in [0.4, 0.5) is 5.69 Å². The molecule has 140 valence electrons. The quantitative estimate of drug-likeness (QED) is 0.520. The molecule has 3 rings (SSSR count). The summed E-state index contributed by atoms with van der Waals surface area (Å²) in [6.45, 7) is -0.668. The Labute approximate surface area is 159 Å². The smallest absolute Gasteiger partial charge is 0.329 e. The molecule has 1 aromatic heterocycles. The molecule has 0 aliphatic rings. The van der Waals surface area contributed by atoms with E-state index in [1.165, 1.54) is 9.13 Å². The molecule has 27 heavy (non-hydrogen) atoms. The highest BCUT2D eigenvalue weighted by Crippen LogP contribution is 2.17. The first-order chi connectivity index (χ1) is 13.0. The zero-order valence-electron chi connectivity index (χ0n) is 15.0. The first-order valence-corrected chi connectivity index (χ1v) is 9.46. The van der Waals surface area contributed by atoms with Crippen LogP contribution in [0, 0.1) is 0 Å². The number of carbonyl (C=O) groups is 2. The lowest BCUT2D eigenvalue weighted by Crippen LogP contribution is -2.28. The topological polar surface area (TPSA) is 82.3 Å². The molecule has 0 atom stereocenters. The summed E-state index contributed by atoms with van der Waals surface area (Å²) in [4.78, 5) is 37.4. The van der Waals surface area contributed by atoms with E-state index in [0.29, 0.717) is 11.2 Å². The zero-order chi connectivity index (χ0) is 19.4. The average molecular weight is 385 g/mol. The van der Waals surface area contributed by atoms with Gasteiger partial charge in [-0.2, -0.15) is 0 Å². The minimum Gasteiger partial charge on any atom is -0.454 e. The van der Waals surface area contributed by atoms with Gasteiger partial charge in [0.1, 0.15) is 6.54 Å². The fourth-order valence-corrected chi connectivity index (χ4v) is 3.12. The second-order valence-electron chi connectivity index (χ2n) is 5.85. The van der Waals surface area contributed by atoms with Gasteiger partial charge in [-0.1, -0.05) is 12.1 Å². The summed E-state index contributed by atoms with van der Waals surface area (Å²) in [6.07, 6.45) is 1.97. The van der Waals surface area contributed by atoms with Crippen LogP contribution in [0.1, 0.15) is 0 Å². The molecule has 7 nitrogen and oxygen atoms in total. The van der Waals surface area contributed by atoms with E-state index in [4.69, 9.17) is 4.74 Å². The number of ether oxygens (including phenoxy) is 1. The summed E-state index contributed by atoms with van der Waals surface area (Å²) in [5.41, 5.74) is 1.67. The maximum Gasteiger partial charge on any atom is 0.329 e. The fourth-order valence-electron chi connectivity index (χ4n) is 2.71. The Morgan fingerprint density at radius 1 is 1.07 bits per heavy atom. The molecule has 2 aromatic carbocycles. The number of hydrogen-bond donors (Lipinski definition) is 1. The number of nitrogens with one attached hydrogen (secondary N) is 1. The lowest BCUT2D eigenvalue weighted by Gasteiger charge is -2.07. The molecule has 1 heterocycles. The minimum absolute atomic E-state index is 0.254. The molecule has 1 N–H and O–H groups in total. The zero-order valence-corrected chi connectivity index (χ0v) is 15.8. The van der Waals surface area contributed by atoms with Crippen LogP contribution < -0.4 is 11.0 Å². The Morgan fingerprint density at radius 3 is 2.41 bits per heavy atom. The van der Waals surface area contributed by atoms with E-state index in [2.05, 4.69) is 5.32 Å². The number of aromatic nitrogens is 2. The molecule has 0 radical (unpaired) electrons. The standard InChI is InChI=1S/C19H19N3O4S/c1-21-15-5-3-4-6-16(15)22(19(21)25)11-18(24)26-12-17(23)20-13-7-9-14(27-2)10-8-13/h3-10H,11-12H2,1-2H3,(H,20,23). The maximum atomic E-state index is 12.3. The lowest BCUT2D eigenvalue weighted by molar-refractivity contribution is -0.147. The molecular weight excluding hydrogens is 366 g/mol. The van der Waals surface area contributed by atoms with Gasteiger partial charge in [0.05, 0.1) is 11.0 Å². The molecular formula is C19H19N3O4S. The fraction of sp³-hybridized carbons (Fsp3) is 0.211. The van der Waals surface area contributed by atoms with Gasteiger partial charge in [0.2, 0.25) is 0 Å². The molecule has 0 aliphatic heterocycles. The second-order valence-corrected chi connectivity index (χ2v) is 6.73. The van der Waals surface area contributed by atoms with Crippen LogP contribution in [0.2, 0.25) is 0 Å². The third-order valence-corrected chi connectivity index (χ3v) is 4.82. The van der Waals surface area contributed by atoms with Crippen molar-refractivity contribution in [2.24, 2.45) is 7.05 Å². The molecule has 0 spiro atoms. The van der Waals surface area contributed by atoms with E-state index in [0.717, 1.165) is 10.4 Å². The van der Waals surface area contributed by atoms with Crippen molar-refractivity contribution in [2.75, 3.05) is 18.2 Å². The third kappa shape index (κ3) is 4.22. The van der Waals surface area contributed by atoms with E-state index < -0.39 is 18.5 Å². The third-order valence-electron chi connectivity index (χ3n) is 4.08.